The SMILES string of the molecule is CC(CCC(=O)NCC(=O)O)C1CCC2C3CC[C@@H]4C[C@H](O)CC[C@]4(C)C3C[C@H](O)[C@]12C. The highest BCUT2D eigenvalue weighted by molar-refractivity contribution is 5.81. The van der Waals surface area contributed by atoms with Gasteiger partial charge in [0.25, 0.3) is 0 Å². The first kappa shape index (κ1) is 24.0. The van der Waals surface area contributed by atoms with Crippen LogP contribution in [0.15, 0.2) is 0 Å². The summed E-state index contributed by atoms with van der Waals surface area (Å²) in [6.45, 7) is 6.65. The normalized spacial score (nSPS) is 46.5. The summed E-state index contributed by atoms with van der Waals surface area (Å²) in [5.41, 5.74) is 0.145. The van der Waals surface area contributed by atoms with Gasteiger partial charge in [0.15, 0.2) is 0 Å². The number of aliphatic carboxylic acids is 1. The predicted molar refractivity (Wildman–Crippen MR) is 122 cm³/mol. The molecule has 0 spiro atoms. The van der Waals surface area contributed by atoms with Gasteiger partial charge in [-0.3, -0.25) is 9.59 Å². The quantitative estimate of drug-likeness (QED) is 0.496. The minimum atomic E-state index is -1.02. The van der Waals surface area contributed by atoms with Gasteiger partial charge in [0.05, 0.1) is 12.2 Å². The van der Waals surface area contributed by atoms with E-state index in [2.05, 4.69) is 26.1 Å². The molecule has 4 saturated carbocycles. The molecule has 0 aromatic rings. The highest BCUT2D eigenvalue weighted by Gasteiger charge is 2.63. The molecule has 4 fully saturated rings. The molecule has 0 heterocycles. The number of aliphatic hydroxyl groups is 2. The van der Waals surface area contributed by atoms with E-state index in [1.165, 1.54) is 12.8 Å². The lowest BCUT2D eigenvalue weighted by molar-refractivity contribution is -0.175. The van der Waals surface area contributed by atoms with Crippen LogP contribution in [0.1, 0.15) is 85.0 Å². The molecule has 0 saturated heterocycles. The van der Waals surface area contributed by atoms with E-state index >= 15 is 0 Å². The minimum Gasteiger partial charge on any atom is -0.480 e. The van der Waals surface area contributed by atoms with Crippen LogP contribution >= 0.6 is 0 Å². The second-order valence-electron chi connectivity index (χ2n) is 12.1. The molecule has 0 aromatic carbocycles. The van der Waals surface area contributed by atoms with E-state index in [4.69, 9.17) is 5.11 Å². The largest absolute Gasteiger partial charge is 0.480 e. The van der Waals surface area contributed by atoms with Gasteiger partial charge in [0.1, 0.15) is 6.54 Å². The number of carbonyl (C=O) groups is 2. The molecule has 32 heavy (non-hydrogen) atoms. The number of carbonyl (C=O) groups excluding carboxylic acids is 1. The number of carboxylic acids is 1. The van der Waals surface area contributed by atoms with E-state index in [1.54, 1.807) is 0 Å². The van der Waals surface area contributed by atoms with E-state index in [9.17, 15) is 19.8 Å². The fourth-order valence-corrected chi connectivity index (χ4v) is 8.98. The Balaban J connectivity index is 1.45. The second kappa shape index (κ2) is 8.90. The number of hydrogen-bond acceptors (Lipinski definition) is 4. The zero-order valence-electron chi connectivity index (χ0n) is 20.1. The Morgan fingerprint density at radius 1 is 1.03 bits per heavy atom. The number of fused-ring (bicyclic) bond motifs is 5. The van der Waals surface area contributed by atoms with Gasteiger partial charge >= 0.3 is 5.97 Å². The van der Waals surface area contributed by atoms with E-state index in [1.807, 2.05) is 0 Å². The fraction of sp³-hybridized carbons (Fsp3) is 0.923. The van der Waals surface area contributed by atoms with Crippen LogP contribution in [0.25, 0.3) is 0 Å². The van der Waals surface area contributed by atoms with Crippen LogP contribution < -0.4 is 5.32 Å². The molecule has 4 N–H and O–H groups in total. The molecule has 0 radical (unpaired) electrons. The third-order valence-corrected chi connectivity index (χ3v) is 10.8. The topological polar surface area (TPSA) is 107 Å². The predicted octanol–water partition coefficient (Wildman–Crippen LogP) is 3.59. The molecule has 0 bridgehead atoms. The smallest absolute Gasteiger partial charge is 0.322 e. The third kappa shape index (κ3) is 4.00. The summed E-state index contributed by atoms with van der Waals surface area (Å²) in [7, 11) is 0. The number of nitrogens with one attached hydrogen (secondary N) is 1. The first-order valence-corrected chi connectivity index (χ1v) is 12.9. The maximum atomic E-state index is 12.0. The van der Waals surface area contributed by atoms with E-state index in [0.717, 1.165) is 44.9 Å². The lowest BCUT2D eigenvalue weighted by Crippen LogP contribution is -2.58. The summed E-state index contributed by atoms with van der Waals surface area (Å²) in [6, 6.07) is 0. The Kier molecular flexibility index (Phi) is 6.68. The monoisotopic (exact) mass is 449 g/mol. The van der Waals surface area contributed by atoms with Crippen LogP contribution in [0.5, 0.6) is 0 Å². The molecule has 4 aliphatic rings. The molecule has 4 rings (SSSR count). The minimum absolute atomic E-state index is 0.102. The van der Waals surface area contributed by atoms with Gasteiger partial charge in [-0.2, -0.15) is 0 Å². The van der Waals surface area contributed by atoms with Gasteiger partial charge in [0, 0.05) is 6.42 Å². The highest BCUT2D eigenvalue weighted by atomic mass is 16.4. The Hall–Kier alpha value is -1.14. The first-order chi connectivity index (χ1) is 15.1. The zero-order chi connectivity index (χ0) is 23.3. The van der Waals surface area contributed by atoms with E-state index in [-0.39, 0.29) is 35.5 Å². The average Bonchev–Trinajstić information content (AvgIpc) is 3.10. The summed E-state index contributed by atoms with van der Waals surface area (Å²) < 4.78 is 0. The van der Waals surface area contributed by atoms with Crippen molar-refractivity contribution < 1.29 is 24.9 Å². The standard InChI is InChI=1S/C26H43NO5/c1-15(4-9-23(30)27-14-24(31)32)19-7-8-20-18-6-5-16-12-17(28)10-11-25(16,2)21(18)13-22(29)26(19,20)3/h15-22,28-29H,4-14H2,1-3H3,(H,27,30)(H,31,32)/t15?,16-,17-,18?,19?,20?,21?,22+,25+,26-/m1/s1. The van der Waals surface area contributed by atoms with Crippen molar-refractivity contribution in [3.05, 3.63) is 0 Å². The van der Waals surface area contributed by atoms with Crippen LogP contribution in [-0.2, 0) is 9.59 Å². The Morgan fingerprint density at radius 2 is 1.78 bits per heavy atom. The Morgan fingerprint density at radius 3 is 2.50 bits per heavy atom. The number of rotatable bonds is 6. The van der Waals surface area contributed by atoms with Gasteiger partial charge in [-0.05, 0) is 104 Å². The molecular weight excluding hydrogens is 406 g/mol. The molecule has 10 atom stereocenters. The van der Waals surface area contributed by atoms with Crippen LogP contribution in [0, 0.1) is 46.3 Å². The Bertz CT molecular complexity index is 727. The zero-order valence-corrected chi connectivity index (χ0v) is 20.1. The van der Waals surface area contributed by atoms with Gasteiger partial charge < -0.3 is 20.6 Å². The highest BCUT2D eigenvalue weighted by Crippen LogP contribution is 2.68. The fourth-order valence-electron chi connectivity index (χ4n) is 8.98. The number of aliphatic hydroxyl groups excluding tert-OH is 2. The molecule has 182 valence electrons. The molecule has 1 amide bonds. The molecule has 0 aliphatic heterocycles. The summed E-state index contributed by atoms with van der Waals surface area (Å²) in [6.07, 6.45) is 9.12. The Labute approximate surface area is 192 Å². The molecule has 4 aliphatic carbocycles. The van der Waals surface area contributed by atoms with Crippen LogP contribution in [0.2, 0.25) is 0 Å². The lowest BCUT2D eigenvalue weighted by atomic mass is 9.43. The first-order valence-electron chi connectivity index (χ1n) is 12.9. The number of carboxylic acid groups (broad SMARTS) is 1. The van der Waals surface area contributed by atoms with Crippen LogP contribution in [-0.4, -0.2) is 45.9 Å². The third-order valence-electron chi connectivity index (χ3n) is 10.8. The van der Waals surface area contributed by atoms with Crippen molar-refractivity contribution in [2.45, 2.75) is 97.2 Å². The van der Waals surface area contributed by atoms with Crippen LogP contribution in [0.3, 0.4) is 0 Å². The van der Waals surface area contributed by atoms with Crippen molar-refractivity contribution in [1.29, 1.82) is 0 Å². The lowest BCUT2D eigenvalue weighted by Gasteiger charge is -2.62. The van der Waals surface area contributed by atoms with Gasteiger partial charge in [0.2, 0.25) is 5.91 Å². The van der Waals surface area contributed by atoms with Crippen molar-refractivity contribution in [1.82, 2.24) is 5.32 Å². The van der Waals surface area contributed by atoms with Crippen molar-refractivity contribution in [2.24, 2.45) is 46.3 Å². The molecule has 6 nitrogen and oxygen atoms in total. The van der Waals surface area contributed by atoms with Crippen molar-refractivity contribution >= 4 is 11.9 Å². The van der Waals surface area contributed by atoms with Crippen molar-refractivity contribution in [2.75, 3.05) is 6.54 Å². The maximum absolute atomic E-state index is 12.0. The van der Waals surface area contributed by atoms with E-state index < -0.39 is 5.97 Å². The van der Waals surface area contributed by atoms with Gasteiger partial charge in [-0.15, -0.1) is 0 Å². The van der Waals surface area contributed by atoms with Crippen LogP contribution in [0.4, 0.5) is 0 Å². The summed E-state index contributed by atoms with van der Waals surface area (Å²) in [5.74, 6) is 1.84. The average molecular weight is 450 g/mol. The second-order valence-corrected chi connectivity index (χ2v) is 12.1. The molecule has 6 heteroatoms. The van der Waals surface area contributed by atoms with Crippen molar-refractivity contribution in [3.8, 4) is 0 Å². The number of amides is 1. The molecule has 5 unspecified atom stereocenters. The van der Waals surface area contributed by atoms with Gasteiger partial charge in [-0.1, -0.05) is 20.8 Å². The molecule has 0 aromatic heterocycles. The molecular formula is C26H43NO5. The van der Waals surface area contributed by atoms with Crippen molar-refractivity contribution in [3.63, 3.8) is 0 Å². The summed E-state index contributed by atoms with van der Waals surface area (Å²) in [4.78, 5) is 22.7. The maximum Gasteiger partial charge on any atom is 0.322 e. The summed E-state index contributed by atoms with van der Waals surface area (Å²) in [5, 5.41) is 33.0. The number of hydrogen-bond donors (Lipinski definition) is 4. The van der Waals surface area contributed by atoms with Gasteiger partial charge in [-0.25, -0.2) is 0 Å². The summed E-state index contributed by atoms with van der Waals surface area (Å²) >= 11 is 0. The van der Waals surface area contributed by atoms with E-state index in [0.29, 0.717) is 41.9 Å².